The second-order valence-corrected chi connectivity index (χ2v) is 6.63. The topological polar surface area (TPSA) is 92.4 Å². The first kappa shape index (κ1) is 15.7. The van der Waals surface area contributed by atoms with Crippen LogP contribution in [0.25, 0.3) is 11.5 Å². The number of carbonyl (C=O) groups excluding carboxylic acids is 1. The number of carboxylic acids is 1. The average Bonchev–Trinajstić information content (AvgIpc) is 3.00. The molecule has 7 heteroatoms. The van der Waals surface area contributed by atoms with E-state index in [-0.39, 0.29) is 12.3 Å². The number of amides is 1. The SMILES string of the molecule is Cc1oc(-c2ccsc2)nc1CC(=O)NC(CC1CC1)C(=O)O. The molecule has 1 aliphatic carbocycles. The smallest absolute Gasteiger partial charge is 0.326 e. The molecule has 0 aliphatic heterocycles. The van der Waals surface area contributed by atoms with E-state index in [0.717, 1.165) is 18.4 Å². The predicted octanol–water partition coefficient (Wildman–Crippen LogP) is 2.62. The van der Waals surface area contributed by atoms with Crippen molar-refractivity contribution in [1.82, 2.24) is 10.3 Å². The lowest BCUT2D eigenvalue weighted by Gasteiger charge is -2.13. The minimum atomic E-state index is -0.985. The number of aromatic nitrogens is 1. The molecule has 2 aromatic heterocycles. The lowest BCUT2D eigenvalue weighted by molar-refractivity contribution is -0.142. The van der Waals surface area contributed by atoms with E-state index in [1.807, 2.05) is 16.8 Å². The first-order chi connectivity index (χ1) is 11.0. The number of carbonyl (C=O) groups is 2. The van der Waals surface area contributed by atoms with Crippen LogP contribution in [0.3, 0.4) is 0 Å². The van der Waals surface area contributed by atoms with Gasteiger partial charge in [0.2, 0.25) is 11.8 Å². The molecule has 1 amide bonds. The fourth-order valence-corrected chi connectivity index (χ4v) is 3.04. The van der Waals surface area contributed by atoms with Crippen molar-refractivity contribution in [3.63, 3.8) is 0 Å². The number of aryl methyl sites for hydroxylation is 1. The summed E-state index contributed by atoms with van der Waals surface area (Å²) in [6.07, 6.45) is 2.62. The number of nitrogens with one attached hydrogen (secondary N) is 1. The number of carboxylic acid groups (broad SMARTS) is 1. The summed E-state index contributed by atoms with van der Waals surface area (Å²) in [5.41, 5.74) is 1.42. The maximum Gasteiger partial charge on any atom is 0.326 e. The van der Waals surface area contributed by atoms with Crippen LogP contribution < -0.4 is 5.32 Å². The second kappa shape index (κ2) is 6.54. The Bertz CT molecular complexity index is 704. The third-order valence-electron chi connectivity index (χ3n) is 3.89. The Balaban J connectivity index is 1.64. The van der Waals surface area contributed by atoms with Gasteiger partial charge in [0, 0.05) is 10.9 Å². The van der Waals surface area contributed by atoms with Gasteiger partial charge in [-0.05, 0) is 30.7 Å². The van der Waals surface area contributed by atoms with Crippen LogP contribution >= 0.6 is 11.3 Å². The Labute approximate surface area is 137 Å². The molecule has 6 nitrogen and oxygen atoms in total. The first-order valence-electron chi connectivity index (χ1n) is 7.54. The van der Waals surface area contributed by atoms with E-state index in [9.17, 15) is 14.7 Å². The van der Waals surface area contributed by atoms with Crippen molar-refractivity contribution in [2.24, 2.45) is 5.92 Å². The van der Waals surface area contributed by atoms with Gasteiger partial charge < -0.3 is 14.8 Å². The Hall–Kier alpha value is -2.15. The van der Waals surface area contributed by atoms with Gasteiger partial charge in [0.15, 0.2) is 0 Å². The van der Waals surface area contributed by atoms with Gasteiger partial charge >= 0.3 is 5.97 Å². The fraction of sp³-hybridized carbons (Fsp3) is 0.438. The van der Waals surface area contributed by atoms with Crippen LogP contribution in [-0.4, -0.2) is 28.0 Å². The standard InChI is InChI=1S/C16H18N2O4S/c1-9-12(18-15(22-9)11-4-5-23-8-11)7-14(19)17-13(16(20)21)6-10-2-3-10/h4-5,8,10,13H,2-3,6-7H2,1H3,(H,17,19)(H,20,21). The average molecular weight is 334 g/mol. The number of hydrogen-bond acceptors (Lipinski definition) is 5. The highest BCUT2D eigenvalue weighted by molar-refractivity contribution is 7.08. The van der Waals surface area contributed by atoms with Crippen molar-refractivity contribution in [3.05, 3.63) is 28.3 Å². The van der Waals surface area contributed by atoms with Gasteiger partial charge in [-0.25, -0.2) is 9.78 Å². The summed E-state index contributed by atoms with van der Waals surface area (Å²) in [7, 11) is 0. The molecule has 0 bridgehead atoms. The van der Waals surface area contributed by atoms with Crippen molar-refractivity contribution in [3.8, 4) is 11.5 Å². The number of thiophene rings is 1. The summed E-state index contributed by atoms with van der Waals surface area (Å²) >= 11 is 1.54. The van der Waals surface area contributed by atoms with Gasteiger partial charge in [-0.3, -0.25) is 4.79 Å². The highest BCUT2D eigenvalue weighted by Gasteiger charge is 2.30. The zero-order chi connectivity index (χ0) is 16.4. The van der Waals surface area contributed by atoms with Gasteiger partial charge in [0.25, 0.3) is 0 Å². The van der Waals surface area contributed by atoms with Gasteiger partial charge in [0.05, 0.1) is 12.1 Å². The van der Waals surface area contributed by atoms with E-state index in [1.165, 1.54) is 0 Å². The maximum atomic E-state index is 12.1. The normalized spacial score (nSPS) is 15.3. The molecular formula is C16H18N2O4S. The van der Waals surface area contributed by atoms with E-state index >= 15 is 0 Å². The lowest BCUT2D eigenvalue weighted by atomic mass is 10.1. The minimum absolute atomic E-state index is 0.0217. The summed E-state index contributed by atoms with van der Waals surface area (Å²) in [5.74, 6) is 0.164. The van der Waals surface area contributed by atoms with E-state index in [0.29, 0.717) is 29.7 Å². The van der Waals surface area contributed by atoms with Crippen LogP contribution in [-0.2, 0) is 16.0 Å². The van der Waals surface area contributed by atoms with Gasteiger partial charge in [-0.15, -0.1) is 0 Å². The van der Waals surface area contributed by atoms with Crippen LogP contribution in [0, 0.1) is 12.8 Å². The molecule has 0 saturated heterocycles. The molecule has 1 fully saturated rings. The first-order valence-corrected chi connectivity index (χ1v) is 8.48. The third kappa shape index (κ3) is 3.98. The molecule has 1 unspecified atom stereocenters. The van der Waals surface area contributed by atoms with Gasteiger partial charge in [-0.2, -0.15) is 11.3 Å². The van der Waals surface area contributed by atoms with Crippen LogP contribution in [0.4, 0.5) is 0 Å². The Morgan fingerprint density at radius 3 is 2.91 bits per heavy atom. The molecule has 0 aromatic carbocycles. The summed E-state index contributed by atoms with van der Waals surface area (Å²) in [6.45, 7) is 1.75. The lowest BCUT2D eigenvalue weighted by Crippen LogP contribution is -2.41. The highest BCUT2D eigenvalue weighted by Crippen LogP contribution is 2.33. The fourth-order valence-electron chi connectivity index (χ4n) is 2.41. The molecule has 2 heterocycles. The number of hydrogen-bond donors (Lipinski definition) is 2. The Kier molecular flexibility index (Phi) is 4.47. The molecule has 1 aliphatic rings. The Morgan fingerprint density at radius 1 is 1.52 bits per heavy atom. The summed E-state index contributed by atoms with van der Waals surface area (Å²) < 4.78 is 5.59. The second-order valence-electron chi connectivity index (χ2n) is 5.85. The molecule has 3 rings (SSSR count). The molecule has 2 aromatic rings. The summed E-state index contributed by atoms with van der Waals surface area (Å²) in [6, 6.07) is 1.08. The van der Waals surface area contributed by atoms with Crippen LogP contribution in [0.2, 0.25) is 0 Å². The number of nitrogens with zero attached hydrogens (tertiary/aromatic N) is 1. The van der Waals surface area contributed by atoms with Crippen LogP contribution in [0.15, 0.2) is 21.2 Å². The molecule has 23 heavy (non-hydrogen) atoms. The van der Waals surface area contributed by atoms with E-state index in [4.69, 9.17) is 4.42 Å². The van der Waals surface area contributed by atoms with Gasteiger partial charge in [-0.1, -0.05) is 12.8 Å². The van der Waals surface area contributed by atoms with Crippen LogP contribution in [0.1, 0.15) is 30.7 Å². The molecule has 1 atom stereocenters. The van der Waals surface area contributed by atoms with Crippen molar-refractivity contribution in [2.75, 3.05) is 0 Å². The van der Waals surface area contributed by atoms with Crippen molar-refractivity contribution < 1.29 is 19.1 Å². The number of oxazole rings is 1. The molecule has 2 N–H and O–H groups in total. The van der Waals surface area contributed by atoms with E-state index < -0.39 is 12.0 Å². The van der Waals surface area contributed by atoms with Gasteiger partial charge in [0.1, 0.15) is 11.8 Å². The zero-order valence-electron chi connectivity index (χ0n) is 12.7. The molecule has 122 valence electrons. The quantitative estimate of drug-likeness (QED) is 0.812. The molecule has 0 radical (unpaired) electrons. The van der Waals surface area contributed by atoms with Crippen molar-refractivity contribution >= 4 is 23.2 Å². The van der Waals surface area contributed by atoms with E-state index in [1.54, 1.807) is 18.3 Å². The summed E-state index contributed by atoms with van der Waals surface area (Å²) in [4.78, 5) is 27.7. The molecular weight excluding hydrogens is 316 g/mol. The predicted molar refractivity (Wildman–Crippen MR) is 85.2 cm³/mol. The molecule has 1 saturated carbocycles. The highest BCUT2D eigenvalue weighted by atomic mass is 32.1. The zero-order valence-corrected chi connectivity index (χ0v) is 13.6. The van der Waals surface area contributed by atoms with E-state index in [2.05, 4.69) is 10.3 Å². The number of rotatable bonds is 7. The summed E-state index contributed by atoms with van der Waals surface area (Å²) in [5, 5.41) is 15.6. The largest absolute Gasteiger partial charge is 0.480 e. The van der Waals surface area contributed by atoms with Crippen LogP contribution in [0.5, 0.6) is 0 Å². The maximum absolute atomic E-state index is 12.1. The molecule has 0 spiro atoms. The van der Waals surface area contributed by atoms with Crippen molar-refractivity contribution in [1.29, 1.82) is 0 Å². The monoisotopic (exact) mass is 334 g/mol. The third-order valence-corrected chi connectivity index (χ3v) is 4.57. The number of aliphatic carboxylic acids is 1. The van der Waals surface area contributed by atoms with Crippen molar-refractivity contribution in [2.45, 2.75) is 38.6 Å². The minimum Gasteiger partial charge on any atom is -0.480 e. The Morgan fingerprint density at radius 2 is 2.30 bits per heavy atom.